The number of carbonyl (C=O) groups is 1. The number of likely N-dealkylation sites (tertiary alicyclic amines) is 1. The van der Waals surface area contributed by atoms with E-state index in [0.717, 1.165) is 38.3 Å². The van der Waals surface area contributed by atoms with E-state index in [1.54, 1.807) is 0 Å². The van der Waals surface area contributed by atoms with E-state index in [9.17, 15) is 4.79 Å². The van der Waals surface area contributed by atoms with Crippen LogP contribution in [0, 0.1) is 12.8 Å². The first-order valence-electron chi connectivity index (χ1n) is 6.99. The highest BCUT2D eigenvalue weighted by Crippen LogP contribution is 2.17. The normalized spacial score (nSPS) is 16.9. The molecule has 2 heteroatoms. The first-order chi connectivity index (χ1) is 8.66. The molecule has 0 atom stereocenters. The number of hydrogen-bond acceptors (Lipinski definition) is 1. The maximum Gasteiger partial charge on any atom is 0.222 e. The van der Waals surface area contributed by atoms with Crippen molar-refractivity contribution < 1.29 is 4.79 Å². The molecule has 0 aliphatic carbocycles. The lowest BCUT2D eigenvalue weighted by Crippen LogP contribution is -2.38. The Hall–Kier alpha value is -1.31. The average Bonchev–Trinajstić information content (AvgIpc) is 2.38. The van der Waals surface area contributed by atoms with Crippen LogP contribution in [0.3, 0.4) is 0 Å². The third-order valence-electron chi connectivity index (χ3n) is 4.01. The van der Waals surface area contributed by atoms with Gasteiger partial charge >= 0.3 is 0 Å². The smallest absolute Gasteiger partial charge is 0.222 e. The Balaban J connectivity index is 1.83. The number of aryl methyl sites for hydroxylation is 2. The molecule has 0 radical (unpaired) electrons. The largest absolute Gasteiger partial charge is 0.343 e. The summed E-state index contributed by atoms with van der Waals surface area (Å²) in [6.07, 6.45) is 3.85. The SMILES string of the molecule is Cc1ccccc1CCC(=O)N1CCC(C)CC1. The third kappa shape index (κ3) is 3.34. The minimum Gasteiger partial charge on any atom is -0.343 e. The lowest BCUT2D eigenvalue weighted by Gasteiger charge is -2.30. The van der Waals surface area contributed by atoms with Crippen molar-refractivity contribution in [3.8, 4) is 0 Å². The molecule has 2 rings (SSSR count). The molecule has 0 aromatic heterocycles. The second-order valence-corrected chi connectivity index (χ2v) is 5.49. The second-order valence-electron chi connectivity index (χ2n) is 5.49. The fourth-order valence-electron chi connectivity index (χ4n) is 2.55. The van der Waals surface area contributed by atoms with Crippen LogP contribution in [0.2, 0.25) is 0 Å². The van der Waals surface area contributed by atoms with Crippen molar-refractivity contribution in [2.24, 2.45) is 5.92 Å². The van der Waals surface area contributed by atoms with E-state index in [1.165, 1.54) is 11.1 Å². The van der Waals surface area contributed by atoms with Crippen molar-refractivity contribution >= 4 is 5.91 Å². The molecule has 1 aliphatic heterocycles. The lowest BCUT2D eigenvalue weighted by molar-refractivity contribution is -0.132. The number of hydrogen-bond donors (Lipinski definition) is 0. The molecule has 1 aliphatic rings. The van der Waals surface area contributed by atoms with Gasteiger partial charge in [0.05, 0.1) is 0 Å². The van der Waals surface area contributed by atoms with Gasteiger partial charge in [-0.3, -0.25) is 4.79 Å². The van der Waals surface area contributed by atoms with Crippen molar-refractivity contribution in [1.82, 2.24) is 4.90 Å². The summed E-state index contributed by atoms with van der Waals surface area (Å²) in [6.45, 7) is 6.29. The quantitative estimate of drug-likeness (QED) is 0.801. The first-order valence-corrected chi connectivity index (χ1v) is 6.99. The average molecular weight is 245 g/mol. The Morgan fingerprint density at radius 2 is 1.94 bits per heavy atom. The molecule has 1 aromatic carbocycles. The summed E-state index contributed by atoms with van der Waals surface area (Å²) in [6, 6.07) is 8.34. The third-order valence-corrected chi connectivity index (χ3v) is 4.01. The van der Waals surface area contributed by atoms with Crippen LogP contribution in [0.4, 0.5) is 0 Å². The Morgan fingerprint density at radius 3 is 2.61 bits per heavy atom. The van der Waals surface area contributed by atoms with E-state index in [-0.39, 0.29) is 0 Å². The minimum absolute atomic E-state index is 0.324. The Labute approximate surface area is 110 Å². The molecule has 1 amide bonds. The summed E-state index contributed by atoms with van der Waals surface area (Å²) in [5.74, 6) is 1.11. The summed E-state index contributed by atoms with van der Waals surface area (Å²) < 4.78 is 0. The zero-order valence-electron chi connectivity index (χ0n) is 11.5. The molecule has 1 aromatic rings. The predicted molar refractivity (Wildman–Crippen MR) is 74.5 cm³/mol. The van der Waals surface area contributed by atoms with Crippen molar-refractivity contribution in [3.05, 3.63) is 35.4 Å². The number of piperidine rings is 1. The van der Waals surface area contributed by atoms with Gasteiger partial charge in [-0.2, -0.15) is 0 Å². The number of rotatable bonds is 3. The highest BCUT2D eigenvalue weighted by atomic mass is 16.2. The van der Waals surface area contributed by atoms with Crippen molar-refractivity contribution in [2.75, 3.05) is 13.1 Å². The van der Waals surface area contributed by atoms with Crippen LogP contribution in [0.15, 0.2) is 24.3 Å². The van der Waals surface area contributed by atoms with Gasteiger partial charge in [-0.05, 0) is 43.2 Å². The molecule has 0 spiro atoms. The van der Waals surface area contributed by atoms with Crippen LogP contribution in [0.1, 0.15) is 37.3 Å². The Bertz CT molecular complexity index is 405. The Kier molecular flexibility index (Phi) is 4.40. The molecule has 0 bridgehead atoms. The summed E-state index contributed by atoms with van der Waals surface area (Å²) in [5.41, 5.74) is 2.59. The lowest BCUT2D eigenvalue weighted by atomic mass is 9.98. The molecule has 0 saturated carbocycles. The van der Waals surface area contributed by atoms with Gasteiger partial charge in [0.1, 0.15) is 0 Å². The molecule has 1 heterocycles. The van der Waals surface area contributed by atoms with Gasteiger partial charge in [0.25, 0.3) is 0 Å². The van der Waals surface area contributed by atoms with Crippen LogP contribution >= 0.6 is 0 Å². The monoisotopic (exact) mass is 245 g/mol. The number of benzene rings is 1. The molecule has 0 unspecified atom stereocenters. The summed E-state index contributed by atoms with van der Waals surface area (Å²) >= 11 is 0. The molecule has 1 fully saturated rings. The molecule has 1 saturated heterocycles. The van der Waals surface area contributed by atoms with Crippen LogP contribution in [0.5, 0.6) is 0 Å². The van der Waals surface area contributed by atoms with E-state index in [2.05, 4.69) is 32.0 Å². The van der Waals surface area contributed by atoms with E-state index in [1.807, 2.05) is 11.0 Å². The van der Waals surface area contributed by atoms with E-state index in [4.69, 9.17) is 0 Å². The maximum atomic E-state index is 12.1. The van der Waals surface area contributed by atoms with Crippen LogP contribution in [-0.2, 0) is 11.2 Å². The van der Waals surface area contributed by atoms with Gasteiger partial charge in [-0.25, -0.2) is 0 Å². The maximum absolute atomic E-state index is 12.1. The van der Waals surface area contributed by atoms with Crippen LogP contribution in [-0.4, -0.2) is 23.9 Å². The fraction of sp³-hybridized carbons (Fsp3) is 0.562. The topological polar surface area (TPSA) is 20.3 Å². The predicted octanol–water partition coefficient (Wildman–Crippen LogP) is 3.19. The standard InChI is InChI=1S/C16H23NO/c1-13-9-11-17(12-10-13)16(18)8-7-15-6-4-3-5-14(15)2/h3-6,13H,7-12H2,1-2H3. The van der Waals surface area contributed by atoms with Crippen molar-refractivity contribution in [2.45, 2.75) is 39.5 Å². The van der Waals surface area contributed by atoms with Gasteiger partial charge in [-0.15, -0.1) is 0 Å². The molecule has 98 valence electrons. The van der Waals surface area contributed by atoms with Gasteiger partial charge in [-0.1, -0.05) is 31.2 Å². The second kappa shape index (κ2) is 6.03. The highest BCUT2D eigenvalue weighted by molar-refractivity contribution is 5.76. The van der Waals surface area contributed by atoms with Gasteiger partial charge in [0.2, 0.25) is 5.91 Å². The number of amides is 1. The van der Waals surface area contributed by atoms with E-state index in [0.29, 0.717) is 12.3 Å². The van der Waals surface area contributed by atoms with Crippen LogP contribution in [0.25, 0.3) is 0 Å². The van der Waals surface area contributed by atoms with Crippen molar-refractivity contribution in [3.63, 3.8) is 0 Å². The van der Waals surface area contributed by atoms with Gasteiger partial charge in [0, 0.05) is 19.5 Å². The summed E-state index contributed by atoms with van der Waals surface area (Å²) in [5, 5.41) is 0. The summed E-state index contributed by atoms with van der Waals surface area (Å²) in [4.78, 5) is 14.2. The van der Waals surface area contributed by atoms with Crippen molar-refractivity contribution in [1.29, 1.82) is 0 Å². The fourth-order valence-corrected chi connectivity index (χ4v) is 2.55. The molecule has 18 heavy (non-hydrogen) atoms. The number of nitrogens with zero attached hydrogens (tertiary/aromatic N) is 1. The number of carbonyl (C=O) groups excluding carboxylic acids is 1. The molecular weight excluding hydrogens is 222 g/mol. The zero-order valence-corrected chi connectivity index (χ0v) is 11.5. The first kappa shape index (κ1) is 13.1. The molecular formula is C16H23NO. The highest BCUT2D eigenvalue weighted by Gasteiger charge is 2.19. The molecule has 2 nitrogen and oxygen atoms in total. The van der Waals surface area contributed by atoms with Gasteiger partial charge < -0.3 is 4.90 Å². The van der Waals surface area contributed by atoms with E-state index >= 15 is 0 Å². The summed E-state index contributed by atoms with van der Waals surface area (Å²) in [7, 11) is 0. The van der Waals surface area contributed by atoms with E-state index < -0.39 is 0 Å². The minimum atomic E-state index is 0.324. The zero-order chi connectivity index (χ0) is 13.0. The Morgan fingerprint density at radius 1 is 1.28 bits per heavy atom. The van der Waals surface area contributed by atoms with Gasteiger partial charge in [0.15, 0.2) is 0 Å². The van der Waals surface area contributed by atoms with Crippen LogP contribution < -0.4 is 0 Å². The molecule has 0 N–H and O–H groups in total.